The molecule has 112 valence electrons. The molecule has 2 fully saturated rings. The molecular formula is C14H28N2O2S. The highest BCUT2D eigenvalue weighted by atomic mass is 32.2. The highest BCUT2D eigenvalue weighted by Gasteiger charge is 2.20. The van der Waals surface area contributed by atoms with Gasteiger partial charge in [-0.25, -0.2) is 13.1 Å². The molecule has 0 amide bonds. The van der Waals surface area contributed by atoms with Crippen LogP contribution in [0.5, 0.6) is 0 Å². The maximum atomic E-state index is 11.9. The van der Waals surface area contributed by atoms with Crippen molar-refractivity contribution in [3.8, 4) is 0 Å². The Morgan fingerprint density at radius 1 is 1.05 bits per heavy atom. The van der Waals surface area contributed by atoms with Crippen molar-refractivity contribution in [1.82, 2.24) is 10.0 Å². The van der Waals surface area contributed by atoms with Crippen LogP contribution in [-0.4, -0.2) is 33.3 Å². The second-order valence-corrected chi connectivity index (χ2v) is 7.97. The molecule has 4 nitrogen and oxygen atoms in total. The van der Waals surface area contributed by atoms with Crippen LogP contribution in [0.3, 0.4) is 0 Å². The Hall–Kier alpha value is -0.130. The van der Waals surface area contributed by atoms with Gasteiger partial charge in [0.1, 0.15) is 0 Å². The summed E-state index contributed by atoms with van der Waals surface area (Å²) in [5, 5.41) is 3.29. The molecule has 0 bridgehead atoms. The first-order valence-corrected chi connectivity index (χ1v) is 9.52. The van der Waals surface area contributed by atoms with E-state index >= 15 is 0 Å². The van der Waals surface area contributed by atoms with Crippen molar-refractivity contribution in [3.63, 3.8) is 0 Å². The zero-order chi connectivity index (χ0) is 13.6. The van der Waals surface area contributed by atoms with Crippen LogP contribution in [0.4, 0.5) is 0 Å². The second-order valence-electron chi connectivity index (χ2n) is 6.12. The fourth-order valence-corrected chi connectivity index (χ4v) is 4.69. The smallest absolute Gasteiger partial charge is 0.213 e. The maximum absolute atomic E-state index is 11.9. The first-order chi connectivity index (χ1) is 9.16. The molecule has 1 aliphatic heterocycles. The van der Waals surface area contributed by atoms with E-state index in [2.05, 4.69) is 10.0 Å². The third kappa shape index (κ3) is 5.79. The summed E-state index contributed by atoms with van der Waals surface area (Å²) in [5.41, 5.74) is 0. The van der Waals surface area contributed by atoms with Gasteiger partial charge in [0.15, 0.2) is 0 Å². The Balaban J connectivity index is 1.60. The number of nitrogens with one attached hydrogen (secondary N) is 2. The molecule has 2 aliphatic rings. The molecule has 0 aromatic heterocycles. The predicted octanol–water partition coefficient (Wildman–Crippen LogP) is 2.02. The molecule has 0 aromatic carbocycles. The maximum Gasteiger partial charge on any atom is 0.213 e. The van der Waals surface area contributed by atoms with Gasteiger partial charge in [-0.3, -0.25) is 0 Å². The first kappa shape index (κ1) is 15.3. The number of rotatable bonds is 7. The van der Waals surface area contributed by atoms with Crippen LogP contribution in [0, 0.1) is 5.92 Å². The van der Waals surface area contributed by atoms with Gasteiger partial charge >= 0.3 is 0 Å². The van der Waals surface area contributed by atoms with E-state index in [4.69, 9.17) is 0 Å². The van der Waals surface area contributed by atoms with E-state index in [0.29, 0.717) is 6.54 Å². The van der Waals surface area contributed by atoms with E-state index in [9.17, 15) is 8.42 Å². The van der Waals surface area contributed by atoms with Gasteiger partial charge in [0.2, 0.25) is 10.0 Å². The lowest BCUT2D eigenvalue weighted by Gasteiger charge is -2.23. The summed E-state index contributed by atoms with van der Waals surface area (Å²) in [6.07, 6.45) is 10.9. The number of sulfonamides is 1. The first-order valence-electron chi connectivity index (χ1n) is 7.86. The third-order valence-electron chi connectivity index (χ3n) is 4.42. The molecule has 0 radical (unpaired) electrons. The molecule has 1 saturated heterocycles. The lowest BCUT2D eigenvalue weighted by Crippen LogP contribution is -2.42. The summed E-state index contributed by atoms with van der Waals surface area (Å²) in [6.45, 7) is 1.58. The Morgan fingerprint density at radius 3 is 2.47 bits per heavy atom. The quantitative estimate of drug-likeness (QED) is 0.705. The van der Waals surface area contributed by atoms with Crippen molar-refractivity contribution in [3.05, 3.63) is 0 Å². The van der Waals surface area contributed by atoms with Crippen LogP contribution in [0.25, 0.3) is 0 Å². The van der Waals surface area contributed by atoms with Crippen LogP contribution >= 0.6 is 0 Å². The third-order valence-corrected chi connectivity index (χ3v) is 5.90. The largest absolute Gasteiger partial charge is 0.313 e. The van der Waals surface area contributed by atoms with Crippen molar-refractivity contribution in [2.75, 3.05) is 18.8 Å². The van der Waals surface area contributed by atoms with Gasteiger partial charge in [0, 0.05) is 12.6 Å². The molecule has 1 heterocycles. The molecule has 0 aromatic rings. The zero-order valence-electron chi connectivity index (χ0n) is 11.9. The Bertz CT molecular complexity index is 344. The van der Waals surface area contributed by atoms with Crippen LogP contribution in [0.1, 0.15) is 57.8 Å². The fraction of sp³-hybridized carbons (Fsp3) is 1.00. The van der Waals surface area contributed by atoms with Gasteiger partial charge in [-0.1, -0.05) is 32.1 Å². The summed E-state index contributed by atoms with van der Waals surface area (Å²) in [5.74, 6) is 1.10. The lowest BCUT2D eigenvalue weighted by molar-refractivity contribution is 0.421. The molecule has 1 atom stereocenters. The van der Waals surface area contributed by atoms with E-state index in [1.54, 1.807) is 0 Å². The van der Waals surface area contributed by atoms with Crippen molar-refractivity contribution in [1.29, 1.82) is 0 Å². The topological polar surface area (TPSA) is 58.2 Å². The van der Waals surface area contributed by atoms with E-state index in [-0.39, 0.29) is 11.8 Å². The van der Waals surface area contributed by atoms with Crippen LogP contribution < -0.4 is 10.0 Å². The minimum Gasteiger partial charge on any atom is -0.313 e. The molecule has 1 unspecified atom stereocenters. The Kier molecular flexibility index (Phi) is 6.10. The second kappa shape index (κ2) is 7.60. The molecule has 2 N–H and O–H groups in total. The van der Waals surface area contributed by atoms with Gasteiger partial charge in [-0.05, 0) is 38.1 Å². The summed E-state index contributed by atoms with van der Waals surface area (Å²) >= 11 is 0. The van der Waals surface area contributed by atoms with E-state index in [0.717, 1.165) is 31.7 Å². The average Bonchev–Trinajstić information content (AvgIpc) is 2.88. The standard InChI is InChI=1S/C14H28N2O2S/c17-19(18,12-14-9-3-4-10-15-14)16-11-5-8-13-6-1-2-7-13/h13-16H,1-12H2. The minimum absolute atomic E-state index is 0.154. The minimum atomic E-state index is -3.09. The van der Waals surface area contributed by atoms with E-state index in [1.807, 2.05) is 0 Å². The SMILES string of the molecule is O=S(=O)(CC1CCCCN1)NCCCC1CCCC1. The molecule has 1 aliphatic carbocycles. The summed E-state index contributed by atoms with van der Waals surface area (Å²) < 4.78 is 26.7. The van der Waals surface area contributed by atoms with Crippen molar-refractivity contribution >= 4 is 10.0 Å². The zero-order valence-corrected chi connectivity index (χ0v) is 12.7. The van der Waals surface area contributed by atoms with Crippen LogP contribution in [0.15, 0.2) is 0 Å². The highest BCUT2D eigenvalue weighted by molar-refractivity contribution is 7.89. The number of hydrogen-bond acceptors (Lipinski definition) is 3. The molecule has 1 saturated carbocycles. The monoisotopic (exact) mass is 288 g/mol. The molecule has 5 heteroatoms. The fourth-order valence-electron chi connectivity index (χ4n) is 3.31. The van der Waals surface area contributed by atoms with Crippen molar-refractivity contribution in [2.24, 2.45) is 5.92 Å². The number of piperidine rings is 1. The van der Waals surface area contributed by atoms with Crippen molar-refractivity contribution in [2.45, 2.75) is 63.8 Å². The molecular weight excluding hydrogens is 260 g/mol. The van der Waals surface area contributed by atoms with Gasteiger partial charge in [0.05, 0.1) is 5.75 Å². The van der Waals surface area contributed by atoms with Gasteiger partial charge in [-0.2, -0.15) is 0 Å². The Labute approximate surface area is 117 Å². The predicted molar refractivity (Wildman–Crippen MR) is 78.6 cm³/mol. The number of hydrogen-bond donors (Lipinski definition) is 2. The van der Waals surface area contributed by atoms with E-state index < -0.39 is 10.0 Å². The van der Waals surface area contributed by atoms with Crippen LogP contribution in [-0.2, 0) is 10.0 Å². The lowest BCUT2D eigenvalue weighted by atomic mass is 10.0. The van der Waals surface area contributed by atoms with Gasteiger partial charge in [0.25, 0.3) is 0 Å². The van der Waals surface area contributed by atoms with Crippen molar-refractivity contribution < 1.29 is 8.42 Å². The summed E-state index contributed by atoms with van der Waals surface area (Å²) in [7, 11) is -3.09. The summed E-state index contributed by atoms with van der Waals surface area (Å²) in [4.78, 5) is 0. The van der Waals surface area contributed by atoms with Crippen LogP contribution in [0.2, 0.25) is 0 Å². The normalized spacial score (nSPS) is 25.8. The van der Waals surface area contributed by atoms with Gasteiger partial charge in [-0.15, -0.1) is 0 Å². The highest BCUT2D eigenvalue weighted by Crippen LogP contribution is 2.28. The molecule has 19 heavy (non-hydrogen) atoms. The summed E-state index contributed by atoms with van der Waals surface area (Å²) in [6, 6.07) is 0.154. The average molecular weight is 288 g/mol. The molecule has 0 spiro atoms. The van der Waals surface area contributed by atoms with E-state index in [1.165, 1.54) is 38.5 Å². The molecule has 2 rings (SSSR count). The Morgan fingerprint density at radius 2 is 1.79 bits per heavy atom. The van der Waals surface area contributed by atoms with Gasteiger partial charge < -0.3 is 5.32 Å².